The summed E-state index contributed by atoms with van der Waals surface area (Å²) in [6.45, 7) is 1.64. The Balaban J connectivity index is 1.48. The van der Waals surface area contributed by atoms with Crippen molar-refractivity contribution in [3.05, 3.63) is 54.5 Å². The fourth-order valence-electron chi connectivity index (χ4n) is 5.47. The zero-order valence-corrected chi connectivity index (χ0v) is 20.0. The van der Waals surface area contributed by atoms with Crippen LogP contribution >= 0.6 is 0 Å². The van der Waals surface area contributed by atoms with Crippen LogP contribution in [0, 0.1) is 23.0 Å². The summed E-state index contributed by atoms with van der Waals surface area (Å²) in [5, 5.41) is 7.99. The Morgan fingerprint density at radius 2 is 1.94 bits per heavy atom. The second-order valence-corrected chi connectivity index (χ2v) is 9.66. The van der Waals surface area contributed by atoms with Crippen LogP contribution in [0.5, 0.6) is 5.75 Å². The number of likely N-dealkylation sites (tertiary alicyclic amines) is 1. The maximum Gasteiger partial charge on any atom is 0.232 e. The molecule has 2 atom stereocenters. The molecule has 1 N–H and O–H groups in total. The minimum atomic E-state index is -0.720. The molecule has 2 fully saturated rings. The molecule has 1 saturated heterocycles. The van der Waals surface area contributed by atoms with Crippen molar-refractivity contribution in [2.24, 2.45) is 18.4 Å². The Kier molecular flexibility index (Phi) is 5.04. The summed E-state index contributed by atoms with van der Waals surface area (Å²) < 4.78 is 36.4. The van der Waals surface area contributed by atoms with Gasteiger partial charge in [-0.25, -0.2) is 18.7 Å². The van der Waals surface area contributed by atoms with Crippen molar-refractivity contribution in [1.82, 2.24) is 24.6 Å². The van der Waals surface area contributed by atoms with Crippen LogP contribution in [-0.4, -0.2) is 57.8 Å². The molecule has 4 aromatic rings. The number of fused-ring (bicyclic) bond motifs is 2. The van der Waals surface area contributed by atoms with E-state index in [1.165, 1.54) is 36.3 Å². The molecule has 0 radical (unpaired) electrons. The van der Waals surface area contributed by atoms with Crippen molar-refractivity contribution in [2.75, 3.05) is 32.6 Å². The Hall–Kier alpha value is -3.92. The highest BCUT2D eigenvalue weighted by Crippen LogP contribution is 2.58. The second kappa shape index (κ2) is 8.06. The molecule has 8 nitrogen and oxygen atoms in total. The van der Waals surface area contributed by atoms with E-state index < -0.39 is 11.6 Å². The molecule has 0 spiro atoms. The number of nitrogens with one attached hydrogen (secondary N) is 1. The summed E-state index contributed by atoms with van der Waals surface area (Å²) in [5.74, 6) is -0.651. The van der Waals surface area contributed by atoms with E-state index in [1.54, 1.807) is 25.4 Å². The average Bonchev–Trinajstić information content (AvgIpc) is 3.21. The van der Waals surface area contributed by atoms with Crippen molar-refractivity contribution < 1.29 is 18.3 Å². The van der Waals surface area contributed by atoms with Crippen molar-refractivity contribution >= 4 is 22.5 Å². The van der Waals surface area contributed by atoms with Crippen LogP contribution in [0.1, 0.15) is 6.42 Å². The summed E-state index contributed by atoms with van der Waals surface area (Å²) in [7, 11) is 5.22. The first-order chi connectivity index (χ1) is 17.3. The Labute approximate surface area is 205 Å². The molecular weight excluding hydrogens is 466 g/mol. The lowest BCUT2D eigenvalue weighted by Gasteiger charge is -2.18. The smallest absolute Gasteiger partial charge is 0.232 e. The van der Waals surface area contributed by atoms with Crippen LogP contribution in [0.15, 0.2) is 42.9 Å². The number of benzene rings is 2. The zero-order chi connectivity index (χ0) is 25.2. The molecule has 1 amide bonds. The standard InChI is InChI=1S/C26H24F2N6O2/c1-33-10-14-9-26(14,12-33)25(35)31-20-7-15-19(8-21(20)36-3)29-13-30-23(15)16-11-34(2)32-24(16)22-17(27)5-4-6-18(22)28/h4-8,11,13-14H,9-10,12H2,1-3H3,(H,31,35). The zero-order valence-electron chi connectivity index (χ0n) is 20.0. The van der Waals surface area contributed by atoms with Gasteiger partial charge in [-0.15, -0.1) is 0 Å². The molecule has 2 unspecified atom stereocenters. The third kappa shape index (κ3) is 3.43. The third-order valence-corrected chi connectivity index (χ3v) is 7.26. The number of carbonyl (C=O) groups is 1. The number of rotatable bonds is 5. The number of halogens is 2. The van der Waals surface area contributed by atoms with Gasteiger partial charge in [0, 0.05) is 43.4 Å². The number of hydrogen-bond acceptors (Lipinski definition) is 6. The highest BCUT2D eigenvalue weighted by atomic mass is 19.1. The van der Waals surface area contributed by atoms with Gasteiger partial charge in [0.1, 0.15) is 29.4 Å². The number of methoxy groups -OCH3 is 1. The third-order valence-electron chi connectivity index (χ3n) is 7.26. The van der Waals surface area contributed by atoms with Gasteiger partial charge in [-0.2, -0.15) is 5.10 Å². The number of nitrogens with zero attached hydrogens (tertiary/aromatic N) is 5. The molecule has 2 aliphatic rings. The summed E-state index contributed by atoms with van der Waals surface area (Å²) in [4.78, 5) is 24.3. The Morgan fingerprint density at radius 3 is 2.64 bits per heavy atom. The molecule has 2 aromatic carbocycles. The van der Waals surface area contributed by atoms with Gasteiger partial charge in [0.15, 0.2) is 0 Å². The number of carbonyl (C=O) groups excluding carboxylic acids is 1. The minimum Gasteiger partial charge on any atom is -0.494 e. The summed E-state index contributed by atoms with van der Waals surface area (Å²) >= 11 is 0. The fraction of sp³-hybridized carbons (Fsp3) is 0.308. The summed E-state index contributed by atoms with van der Waals surface area (Å²) in [6.07, 6.45) is 3.92. The van der Waals surface area contributed by atoms with Gasteiger partial charge in [0.25, 0.3) is 0 Å². The van der Waals surface area contributed by atoms with E-state index in [1.807, 2.05) is 7.05 Å². The second-order valence-electron chi connectivity index (χ2n) is 9.66. The van der Waals surface area contributed by atoms with E-state index in [-0.39, 0.29) is 22.6 Å². The van der Waals surface area contributed by atoms with Crippen molar-refractivity contribution in [1.29, 1.82) is 0 Å². The predicted molar refractivity (Wildman–Crippen MR) is 130 cm³/mol. The number of aryl methyl sites for hydroxylation is 1. The number of anilines is 1. The number of aromatic nitrogens is 4. The highest BCUT2D eigenvalue weighted by molar-refractivity contribution is 6.04. The van der Waals surface area contributed by atoms with Crippen LogP contribution < -0.4 is 10.1 Å². The maximum atomic E-state index is 14.7. The van der Waals surface area contributed by atoms with Gasteiger partial charge < -0.3 is 15.0 Å². The molecule has 3 heterocycles. The number of piperidine rings is 1. The van der Waals surface area contributed by atoms with Crippen molar-refractivity contribution in [2.45, 2.75) is 6.42 Å². The summed E-state index contributed by atoms with van der Waals surface area (Å²) in [5.41, 5.74) is 1.45. The van der Waals surface area contributed by atoms with Gasteiger partial charge in [-0.05, 0) is 37.6 Å². The van der Waals surface area contributed by atoms with Crippen LogP contribution in [0.2, 0.25) is 0 Å². The monoisotopic (exact) mass is 490 g/mol. The lowest BCUT2D eigenvalue weighted by atomic mass is 10.0. The van der Waals surface area contributed by atoms with Gasteiger partial charge >= 0.3 is 0 Å². The largest absolute Gasteiger partial charge is 0.494 e. The van der Waals surface area contributed by atoms with Crippen LogP contribution in [0.25, 0.3) is 33.4 Å². The number of amides is 1. The van der Waals surface area contributed by atoms with Crippen LogP contribution in [-0.2, 0) is 11.8 Å². The molecule has 2 aromatic heterocycles. The fourth-order valence-corrected chi connectivity index (χ4v) is 5.47. The van der Waals surface area contributed by atoms with Crippen molar-refractivity contribution in [3.8, 4) is 28.3 Å². The molecule has 6 rings (SSSR count). The first kappa shape index (κ1) is 22.5. The van der Waals surface area contributed by atoms with Gasteiger partial charge in [-0.1, -0.05) is 6.07 Å². The molecule has 36 heavy (non-hydrogen) atoms. The molecular formula is C26H24F2N6O2. The lowest BCUT2D eigenvalue weighted by molar-refractivity contribution is -0.121. The van der Waals surface area contributed by atoms with E-state index >= 15 is 0 Å². The van der Waals surface area contributed by atoms with E-state index in [9.17, 15) is 13.6 Å². The SMILES string of the molecule is COc1cc2ncnc(-c3cn(C)nc3-c3c(F)cccc3F)c2cc1NC(=O)C12CC1CN(C)C2. The first-order valence-electron chi connectivity index (χ1n) is 11.6. The summed E-state index contributed by atoms with van der Waals surface area (Å²) in [6, 6.07) is 7.17. The Morgan fingerprint density at radius 1 is 1.17 bits per heavy atom. The molecule has 10 heteroatoms. The molecule has 184 valence electrons. The lowest BCUT2D eigenvalue weighted by Crippen LogP contribution is -2.30. The van der Waals surface area contributed by atoms with E-state index in [0.29, 0.717) is 39.5 Å². The maximum absolute atomic E-state index is 14.7. The van der Waals surface area contributed by atoms with E-state index in [2.05, 4.69) is 25.3 Å². The van der Waals surface area contributed by atoms with E-state index in [4.69, 9.17) is 4.74 Å². The quantitative estimate of drug-likeness (QED) is 0.457. The van der Waals surface area contributed by atoms with Crippen LogP contribution in [0.4, 0.5) is 14.5 Å². The van der Waals surface area contributed by atoms with Gasteiger partial charge in [0.2, 0.25) is 5.91 Å². The van der Waals surface area contributed by atoms with Crippen molar-refractivity contribution in [3.63, 3.8) is 0 Å². The van der Waals surface area contributed by atoms with E-state index in [0.717, 1.165) is 19.5 Å². The highest BCUT2D eigenvalue weighted by Gasteiger charge is 2.64. The van der Waals surface area contributed by atoms with Gasteiger partial charge in [-0.3, -0.25) is 9.48 Å². The Bertz CT molecular complexity index is 1520. The number of ether oxygens (including phenoxy) is 1. The van der Waals surface area contributed by atoms with Gasteiger partial charge in [0.05, 0.1) is 35.0 Å². The molecule has 1 aliphatic heterocycles. The predicted octanol–water partition coefficient (Wildman–Crippen LogP) is 3.87. The number of hydrogen-bond donors (Lipinski definition) is 1. The first-order valence-corrected chi connectivity index (χ1v) is 11.6. The molecule has 0 bridgehead atoms. The average molecular weight is 491 g/mol. The van der Waals surface area contributed by atoms with Crippen LogP contribution in [0.3, 0.4) is 0 Å². The molecule has 1 saturated carbocycles. The molecule has 1 aliphatic carbocycles. The topological polar surface area (TPSA) is 85.2 Å². The minimum absolute atomic E-state index is 0.0385. The normalized spacial score (nSPS) is 21.0.